The zero-order valence-electron chi connectivity index (χ0n) is 14.2. The van der Waals surface area contributed by atoms with Crippen LogP contribution < -0.4 is 0 Å². The first-order valence-electron chi connectivity index (χ1n) is 8.33. The van der Waals surface area contributed by atoms with Crippen molar-refractivity contribution < 1.29 is 14.3 Å². The van der Waals surface area contributed by atoms with E-state index in [1.807, 2.05) is 38.1 Å². The molecule has 0 spiro atoms. The molecule has 1 aromatic carbocycles. The van der Waals surface area contributed by atoms with E-state index in [9.17, 15) is 9.59 Å². The number of esters is 1. The van der Waals surface area contributed by atoms with Crippen molar-refractivity contribution in [3.05, 3.63) is 35.7 Å². The molecule has 2 atom stereocenters. The van der Waals surface area contributed by atoms with Crippen molar-refractivity contribution in [1.29, 1.82) is 0 Å². The van der Waals surface area contributed by atoms with E-state index in [-0.39, 0.29) is 23.4 Å². The van der Waals surface area contributed by atoms with Gasteiger partial charge in [-0.05, 0) is 32.4 Å². The van der Waals surface area contributed by atoms with E-state index in [4.69, 9.17) is 4.74 Å². The number of ether oxygens (including phenoxy) is 1. The molecule has 0 N–H and O–H groups in total. The summed E-state index contributed by atoms with van der Waals surface area (Å²) >= 11 is 1.66. The molecule has 2 aliphatic rings. The predicted molar refractivity (Wildman–Crippen MR) is 94.8 cm³/mol. The molecule has 0 radical (unpaired) electrons. The summed E-state index contributed by atoms with van der Waals surface area (Å²) in [7, 11) is 0. The van der Waals surface area contributed by atoms with Crippen LogP contribution in [0.3, 0.4) is 0 Å². The lowest BCUT2D eigenvalue weighted by Crippen LogP contribution is -2.46. The highest BCUT2D eigenvalue weighted by atomic mass is 32.2. The van der Waals surface area contributed by atoms with Crippen LogP contribution in [-0.2, 0) is 20.9 Å². The van der Waals surface area contributed by atoms with Crippen LogP contribution in [0.2, 0.25) is 0 Å². The molecule has 130 valence electrons. The van der Waals surface area contributed by atoms with Gasteiger partial charge in [-0.1, -0.05) is 12.1 Å². The van der Waals surface area contributed by atoms with Gasteiger partial charge in [0.1, 0.15) is 12.6 Å². The van der Waals surface area contributed by atoms with Gasteiger partial charge in [0.05, 0.1) is 27.3 Å². The van der Waals surface area contributed by atoms with Crippen LogP contribution in [0, 0.1) is 6.92 Å². The third-order valence-electron chi connectivity index (χ3n) is 4.91. The molecule has 2 saturated heterocycles. The second kappa shape index (κ2) is 5.98. The highest BCUT2D eigenvalue weighted by Gasteiger charge is 2.53. The smallest absolute Gasteiger partial charge is 0.330 e. The first-order chi connectivity index (χ1) is 12.0. The average Bonchev–Trinajstić information content (AvgIpc) is 3.09. The summed E-state index contributed by atoms with van der Waals surface area (Å²) < 4.78 is 5.49. The number of benzene rings is 1. The second-order valence-electron chi connectivity index (χ2n) is 6.62. The lowest BCUT2D eigenvalue weighted by atomic mass is 10.2. The minimum Gasteiger partial charge on any atom is -0.458 e. The van der Waals surface area contributed by atoms with Gasteiger partial charge in [-0.3, -0.25) is 4.79 Å². The fraction of sp³-hybridized carbons (Fsp3) is 0.444. The summed E-state index contributed by atoms with van der Waals surface area (Å²) in [6.07, 6.45) is 1.29. The number of amides is 1. The van der Waals surface area contributed by atoms with Gasteiger partial charge in [0, 0.05) is 12.2 Å². The first-order valence-corrected chi connectivity index (χ1v) is 9.31. The maximum Gasteiger partial charge on any atom is 0.330 e. The van der Waals surface area contributed by atoms with Crippen LogP contribution in [0.4, 0.5) is 0 Å². The lowest BCUT2D eigenvalue weighted by molar-refractivity contribution is -0.154. The second-order valence-corrected chi connectivity index (χ2v) is 8.12. The molecule has 0 bridgehead atoms. The maximum atomic E-state index is 12.5. The minimum absolute atomic E-state index is 0.0381. The van der Waals surface area contributed by atoms with Crippen molar-refractivity contribution in [2.24, 2.45) is 0 Å². The van der Waals surface area contributed by atoms with Crippen molar-refractivity contribution in [2.45, 2.75) is 44.2 Å². The third-order valence-corrected chi connectivity index (χ3v) is 6.42. The minimum atomic E-state index is -0.501. The number of carbonyl (C=O) groups is 2. The van der Waals surface area contributed by atoms with E-state index in [1.54, 1.807) is 16.7 Å². The van der Waals surface area contributed by atoms with Crippen LogP contribution in [0.25, 0.3) is 11.0 Å². The molecule has 4 rings (SSSR count). The number of aryl methyl sites for hydroxylation is 1. The Hall–Kier alpha value is -2.15. The molecule has 7 heteroatoms. The van der Waals surface area contributed by atoms with Gasteiger partial charge in [0.15, 0.2) is 0 Å². The molecule has 1 amide bonds. The number of rotatable bonds is 3. The van der Waals surface area contributed by atoms with Gasteiger partial charge in [-0.15, -0.1) is 11.8 Å². The summed E-state index contributed by atoms with van der Waals surface area (Å²) in [5.74, 6) is 0.265. The van der Waals surface area contributed by atoms with Crippen molar-refractivity contribution in [1.82, 2.24) is 14.9 Å². The van der Waals surface area contributed by atoms with E-state index < -0.39 is 6.04 Å². The molecule has 0 saturated carbocycles. The molecule has 0 aliphatic carbocycles. The van der Waals surface area contributed by atoms with Gasteiger partial charge < -0.3 is 9.64 Å². The largest absolute Gasteiger partial charge is 0.458 e. The zero-order valence-corrected chi connectivity index (χ0v) is 15.0. The van der Waals surface area contributed by atoms with Gasteiger partial charge in [0.25, 0.3) is 0 Å². The first kappa shape index (κ1) is 16.3. The van der Waals surface area contributed by atoms with Gasteiger partial charge >= 0.3 is 5.97 Å². The Kier molecular flexibility index (Phi) is 3.91. The van der Waals surface area contributed by atoms with Gasteiger partial charge in [0.2, 0.25) is 5.91 Å². The molecule has 25 heavy (non-hydrogen) atoms. The Morgan fingerprint density at radius 3 is 2.84 bits per heavy atom. The summed E-state index contributed by atoms with van der Waals surface area (Å²) in [6.45, 7) is 3.95. The lowest BCUT2D eigenvalue weighted by Gasteiger charge is -2.29. The Morgan fingerprint density at radius 2 is 2.08 bits per heavy atom. The van der Waals surface area contributed by atoms with Crippen LogP contribution in [0.5, 0.6) is 0 Å². The highest BCUT2D eigenvalue weighted by molar-refractivity contribution is 8.01. The third kappa shape index (κ3) is 2.76. The Labute approximate surface area is 150 Å². The van der Waals surface area contributed by atoms with E-state index in [1.165, 1.54) is 0 Å². The van der Waals surface area contributed by atoms with E-state index in [0.29, 0.717) is 17.9 Å². The van der Waals surface area contributed by atoms with Crippen LogP contribution >= 0.6 is 11.8 Å². The van der Waals surface area contributed by atoms with E-state index in [2.05, 4.69) is 9.97 Å². The molecule has 2 fully saturated rings. The molecule has 1 aromatic heterocycles. The zero-order chi connectivity index (χ0) is 17.6. The normalized spacial score (nSPS) is 25.4. The standard InChI is InChI=1S/C18H19N3O3S/c1-11-14(20-13-6-4-3-5-12(13)19-11)9-24-17(23)15-10-25-18(2)8-7-16(22)21(15)18/h3-6,15H,7-10H2,1-2H3/t15-,18+/m0/s1. The molecule has 2 aromatic rings. The molecule has 2 aliphatic heterocycles. The monoisotopic (exact) mass is 357 g/mol. The number of carbonyl (C=O) groups excluding carboxylic acids is 2. The quantitative estimate of drug-likeness (QED) is 0.786. The average molecular weight is 357 g/mol. The maximum absolute atomic E-state index is 12.5. The number of para-hydroxylation sites is 2. The summed E-state index contributed by atoms with van der Waals surface area (Å²) in [4.78, 5) is 35.2. The van der Waals surface area contributed by atoms with Crippen molar-refractivity contribution in [3.8, 4) is 0 Å². The van der Waals surface area contributed by atoms with Crippen LogP contribution in [0.15, 0.2) is 24.3 Å². The van der Waals surface area contributed by atoms with Crippen molar-refractivity contribution in [2.75, 3.05) is 5.75 Å². The number of fused-ring (bicyclic) bond motifs is 2. The summed E-state index contributed by atoms with van der Waals surface area (Å²) in [6, 6.07) is 7.10. The fourth-order valence-electron chi connectivity index (χ4n) is 3.49. The van der Waals surface area contributed by atoms with E-state index in [0.717, 1.165) is 23.1 Å². The Bertz CT molecular complexity index is 872. The van der Waals surface area contributed by atoms with Crippen molar-refractivity contribution in [3.63, 3.8) is 0 Å². The number of hydrogen-bond acceptors (Lipinski definition) is 6. The molecular formula is C18H19N3O3S. The number of thioether (sulfide) groups is 1. The topological polar surface area (TPSA) is 72.4 Å². The van der Waals surface area contributed by atoms with Crippen LogP contribution in [0.1, 0.15) is 31.2 Å². The number of aromatic nitrogens is 2. The van der Waals surface area contributed by atoms with Gasteiger partial charge in [-0.25, -0.2) is 14.8 Å². The van der Waals surface area contributed by atoms with Crippen LogP contribution in [-0.4, -0.2) is 43.4 Å². The highest BCUT2D eigenvalue weighted by Crippen LogP contribution is 2.47. The molecule has 3 heterocycles. The summed E-state index contributed by atoms with van der Waals surface area (Å²) in [5, 5.41) is 0. The predicted octanol–water partition coefficient (Wildman–Crippen LogP) is 2.44. The Morgan fingerprint density at radius 1 is 1.36 bits per heavy atom. The summed E-state index contributed by atoms with van der Waals surface area (Å²) in [5.41, 5.74) is 2.99. The Balaban J connectivity index is 1.49. The number of nitrogens with zero attached hydrogens (tertiary/aromatic N) is 3. The SMILES string of the molecule is Cc1nc2ccccc2nc1COC(=O)[C@@H]1CS[C@]2(C)CCC(=O)N12. The van der Waals surface area contributed by atoms with Gasteiger partial charge in [-0.2, -0.15) is 0 Å². The van der Waals surface area contributed by atoms with E-state index >= 15 is 0 Å². The fourth-order valence-corrected chi connectivity index (χ4v) is 4.91. The molecular weight excluding hydrogens is 338 g/mol. The molecule has 0 unspecified atom stereocenters. The number of hydrogen-bond donors (Lipinski definition) is 0. The molecule has 6 nitrogen and oxygen atoms in total. The van der Waals surface area contributed by atoms with Crippen molar-refractivity contribution >= 4 is 34.7 Å².